The molecule has 0 radical (unpaired) electrons. The van der Waals surface area contributed by atoms with Crippen molar-refractivity contribution in [1.82, 2.24) is 0 Å². The van der Waals surface area contributed by atoms with Crippen molar-refractivity contribution in [2.24, 2.45) is 0 Å². The minimum Gasteiger partial charge on any atom is -0.0856 e. The van der Waals surface area contributed by atoms with Crippen LogP contribution < -0.4 is 0 Å². The minimum atomic E-state index is 1.17. The highest BCUT2D eigenvalue weighted by Gasteiger charge is 1.94. The molecule has 0 aliphatic rings. The van der Waals surface area contributed by atoms with Crippen LogP contribution >= 0.6 is 0 Å². The van der Waals surface area contributed by atoms with Gasteiger partial charge in [0.25, 0.3) is 0 Å². The van der Waals surface area contributed by atoms with Crippen LogP contribution in [-0.4, -0.2) is 0 Å². The molecule has 0 heterocycles. The van der Waals surface area contributed by atoms with Gasteiger partial charge in [0.1, 0.15) is 0 Å². The lowest BCUT2D eigenvalue weighted by atomic mass is 10.0. The molecule has 176 valence electrons. The van der Waals surface area contributed by atoms with Crippen LogP contribution in [0.2, 0.25) is 0 Å². The normalized spacial score (nSPS) is 14.3. The van der Waals surface area contributed by atoms with Crippen molar-refractivity contribution in [3.8, 4) is 0 Å². The Morgan fingerprint density at radius 3 is 1.00 bits per heavy atom. The standard InChI is InChI=1S/C31H52/c1-9-27(4)19-13-21-31(8)25-15-23-29(6)18-11-10-17-28(5)22-14-24-30(7)20-12-16-26(2)3/h16-19,24-25H,9-15,20-23H2,1-8H3/b27-19?,28-17+,29-18+,30-24+,31-25+. The van der Waals surface area contributed by atoms with Crippen molar-refractivity contribution in [2.75, 3.05) is 0 Å². The highest BCUT2D eigenvalue weighted by atomic mass is 14.0. The summed E-state index contributed by atoms with van der Waals surface area (Å²) in [4.78, 5) is 0. The third kappa shape index (κ3) is 20.1. The third-order valence-electron chi connectivity index (χ3n) is 5.90. The Bertz CT molecular complexity index is 654. The molecule has 0 N–H and O–H groups in total. The predicted molar refractivity (Wildman–Crippen MR) is 145 cm³/mol. The molecule has 0 rings (SSSR count). The second-order valence-corrected chi connectivity index (χ2v) is 9.62. The summed E-state index contributed by atoms with van der Waals surface area (Å²) in [7, 11) is 0. The molecule has 0 heteroatoms. The van der Waals surface area contributed by atoms with Gasteiger partial charge in [-0.25, -0.2) is 0 Å². The van der Waals surface area contributed by atoms with Crippen molar-refractivity contribution >= 4 is 0 Å². The zero-order valence-corrected chi connectivity index (χ0v) is 22.2. The number of allylic oxidation sites excluding steroid dienone is 12. The first-order valence-corrected chi connectivity index (χ1v) is 12.7. The Morgan fingerprint density at radius 1 is 0.387 bits per heavy atom. The van der Waals surface area contributed by atoms with E-state index in [1.165, 1.54) is 104 Å². The van der Waals surface area contributed by atoms with E-state index in [1.54, 1.807) is 0 Å². The fraction of sp³-hybridized carbons (Fsp3) is 0.613. The van der Waals surface area contributed by atoms with Crippen LogP contribution in [0.15, 0.2) is 69.9 Å². The largest absolute Gasteiger partial charge is 0.0856 e. The van der Waals surface area contributed by atoms with E-state index < -0.39 is 0 Å². The molecule has 0 bridgehead atoms. The third-order valence-corrected chi connectivity index (χ3v) is 5.90. The van der Waals surface area contributed by atoms with Crippen molar-refractivity contribution in [2.45, 2.75) is 126 Å². The summed E-state index contributed by atoms with van der Waals surface area (Å²) in [6.45, 7) is 17.9. The van der Waals surface area contributed by atoms with Gasteiger partial charge in [0.15, 0.2) is 0 Å². The second-order valence-electron chi connectivity index (χ2n) is 9.62. The van der Waals surface area contributed by atoms with Gasteiger partial charge in [-0.3, -0.25) is 0 Å². The van der Waals surface area contributed by atoms with Gasteiger partial charge < -0.3 is 0 Å². The molecule has 0 aromatic carbocycles. The molecule has 0 saturated carbocycles. The summed E-state index contributed by atoms with van der Waals surface area (Å²) in [6, 6.07) is 0. The summed E-state index contributed by atoms with van der Waals surface area (Å²) in [6.07, 6.45) is 27.5. The van der Waals surface area contributed by atoms with Crippen LogP contribution in [-0.2, 0) is 0 Å². The Balaban J connectivity index is 4.07. The van der Waals surface area contributed by atoms with E-state index in [4.69, 9.17) is 0 Å². The molecule has 0 aliphatic carbocycles. The fourth-order valence-corrected chi connectivity index (χ4v) is 3.44. The topological polar surface area (TPSA) is 0 Å². The van der Waals surface area contributed by atoms with E-state index in [1.807, 2.05) is 0 Å². The summed E-state index contributed by atoms with van der Waals surface area (Å²) < 4.78 is 0. The molecule has 0 spiro atoms. The molecule has 0 amide bonds. The maximum absolute atomic E-state index is 2.44. The Hall–Kier alpha value is -1.56. The molecular weight excluding hydrogens is 372 g/mol. The second kappa shape index (κ2) is 19.1. The van der Waals surface area contributed by atoms with Crippen LogP contribution in [0.5, 0.6) is 0 Å². The van der Waals surface area contributed by atoms with Crippen LogP contribution in [0, 0.1) is 0 Å². The maximum Gasteiger partial charge on any atom is -0.0288 e. The number of hydrogen-bond acceptors (Lipinski definition) is 0. The molecule has 31 heavy (non-hydrogen) atoms. The Kier molecular flexibility index (Phi) is 18.2. The maximum atomic E-state index is 2.44. The average Bonchev–Trinajstić information content (AvgIpc) is 2.70. The summed E-state index contributed by atoms with van der Waals surface area (Å²) >= 11 is 0. The zero-order chi connectivity index (χ0) is 23.5. The molecule has 0 aromatic rings. The number of rotatable bonds is 16. The van der Waals surface area contributed by atoms with Gasteiger partial charge in [-0.1, -0.05) is 76.8 Å². The van der Waals surface area contributed by atoms with E-state index in [0.717, 1.165) is 0 Å². The van der Waals surface area contributed by atoms with Crippen molar-refractivity contribution in [3.05, 3.63) is 69.9 Å². The van der Waals surface area contributed by atoms with E-state index >= 15 is 0 Å². The zero-order valence-electron chi connectivity index (χ0n) is 22.2. The number of unbranched alkanes of at least 4 members (excludes halogenated alkanes) is 1. The summed E-state index contributed by atoms with van der Waals surface area (Å²) in [5.74, 6) is 0. The molecule has 0 atom stereocenters. The molecule has 0 aromatic heterocycles. The van der Waals surface area contributed by atoms with Gasteiger partial charge in [-0.2, -0.15) is 0 Å². The molecule has 0 aliphatic heterocycles. The predicted octanol–water partition coefficient (Wildman–Crippen LogP) is 11.0. The first kappa shape index (κ1) is 29.4. The lowest BCUT2D eigenvalue weighted by molar-refractivity contribution is 0.895. The van der Waals surface area contributed by atoms with Crippen molar-refractivity contribution < 1.29 is 0 Å². The highest BCUT2D eigenvalue weighted by molar-refractivity contribution is 5.08. The van der Waals surface area contributed by atoms with E-state index in [0.29, 0.717) is 0 Å². The molecular formula is C31H52. The van der Waals surface area contributed by atoms with E-state index in [2.05, 4.69) is 91.8 Å². The summed E-state index contributed by atoms with van der Waals surface area (Å²) in [5, 5.41) is 0. The lowest BCUT2D eigenvalue weighted by Gasteiger charge is -2.03. The molecule has 0 unspecified atom stereocenters. The molecule has 0 nitrogen and oxygen atoms in total. The lowest BCUT2D eigenvalue weighted by Crippen LogP contribution is -1.82. The molecule has 0 fully saturated rings. The average molecular weight is 425 g/mol. The molecule has 0 saturated heterocycles. The Morgan fingerprint density at radius 2 is 0.677 bits per heavy atom. The smallest absolute Gasteiger partial charge is 0.0288 e. The quantitative estimate of drug-likeness (QED) is 0.171. The summed E-state index contributed by atoms with van der Waals surface area (Å²) in [5.41, 5.74) is 9.07. The van der Waals surface area contributed by atoms with Crippen LogP contribution in [0.4, 0.5) is 0 Å². The van der Waals surface area contributed by atoms with Gasteiger partial charge in [0.05, 0.1) is 0 Å². The number of hydrogen-bond donors (Lipinski definition) is 0. The van der Waals surface area contributed by atoms with Gasteiger partial charge in [-0.15, -0.1) is 0 Å². The van der Waals surface area contributed by atoms with Crippen molar-refractivity contribution in [1.29, 1.82) is 0 Å². The Labute approximate surface area is 196 Å². The van der Waals surface area contributed by atoms with Crippen molar-refractivity contribution in [3.63, 3.8) is 0 Å². The van der Waals surface area contributed by atoms with Gasteiger partial charge >= 0.3 is 0 Å². The van der Waals surface area contributed by atoms with Gasteiger partial charge in [-0.05, 0) is 119 Å². The first-order chi connectivity index (χ1) is 14.7. The van der Waals surface area contributed by atoms with E-state index in [-0.39, 0.29) is 0 Å². The first-order valence-electron chi connectivity index (χ1n) is 12.7. The fourth-order valence-electron chi connectivity index (χ4n) is 3.44. The van der Waals surface area contributed by atoms with Crippen LogP contribution in [0.1, 0.15) is 126 Å². The van der Waals surface area contributed by atoms with E-state index in [9.17, 15) is 0 Å². The van der Waals surface area contributed by atoms with Crippen LogP contribution in [0.3, 0.4) is 0 Å². The highest BCUT2D eigenvalue weighted by Crippen LogP contribution is 2.14. The SMILES string of the molecule is CCC(C)=CCC/C(C)=C/CC/C(C)=C/CC/C=C(\C)CC/C=C(\C)CCC=C(C)C. The van der Waals surface area contributed by atoms with Crippen LogP contribution in [0.25, 0.3) is 0 Å². The minimum absolute atomic E-state index is 1.17. The van der Waals surface area contributed by atoms with Gasteiger partial charge in [0, 0.05) is 0 Å². The monoisotopic (exact) mass is 424 g/mol. The van der Waals surface area contributed by atoms with Gasteiger partial charge in [0.2, 0.25) is 0 Å².